The lowest BCUT2D eigenvalue weighted by molar-refractivity contribution is 0.0947. The summed E-state index contributed by atoms with van der Waals surface area (Å²) in [5.74, 6) is 1.86. The van der Waals surface area contributed by atoms with Crippen LogP contribution in [-0.4, -0.2) is 25.9 Å². The van der Waals surface area contributed by atoms with Crippen LogP contribution in [0.2, 0.25) is 5.02 Å². The minimum Gasteiger partial charge on any atom is -0.492 e. The standard InChI is InChI=1S/C16H14ClNO4/c17-12-3-1-2-11(8-12)16(19)18-6-7-20-13-4-5-14-15(9-13)22-10-21-14/h1-5,8-9H,6-7,10H2,(H,18,19). The quantitative estimate of drug-likeness (QED) is 0.861. The van der Waals surface area contributed by atoms with Crippen molar-refractivity contribution < 1.29 is 19.0 Å². The van der Waals surface area contributed by atoms with E-state index in [2.05, 4.69) is 5.32 Å². The first kappa shape index (κ1) is 14.5. The zero-order chi connectivity index (χ0) is 15.4. The number of ether oxygens (including phenoxy) is 3. The molecule has 5 nitrogen and oxygen atoms in total. The van der Waals surface area contributed by atoms with E-state index in [0.29, 0.717) is 41.0 Å². The van der Waals surface area contributed by atoms with Gasteiger partial charge in [-0.05, 0) is 30.3 Å². The normalized spacial score (nSPS) is 12.0. The maximum Gasteiger partial charge on any atom is 0.251 e. The van der Waals surface area contributed by atoms with Gasteiger partial charge in [-0.25, -0.2) is 0 Å². The molecule has 0 unspecified atom stereocenters. The molecule has 1 amide bonds. The highest BCUT2D eigenvalue weighted by Gasteiger charge is 2.13. The van der Waals surface area contributed by atoms with Crippen molar-refractivity contribution in [3.63, 3.8) is 0 Å². The topological polar surface area (TPSA) is 56.8 Å². The van der Waals surface area contributed by atoms with Crippen molar-refractivity contribution >= 4 is 17.5 Å². The predicted octanol–water partition coefficient (Wildman–Crippen LogP) is 2.88. The molecule has 0 atom stereocenters. The molecule has 6 heteroatoms. The van der Waals surface area contributed by atoms with Gasteiger partial charge in [0.25, 0.3) is 5.91 Å². The summed E-state index contributed by atoms with van der Waals surface area (Å²) in [5.41, 5.74) is 0.524. The van der Waals surface area contributed by atoms with E-state index in [-0.39, 0.29) is 12.7 Å². The number of amides is 1. The summed E-state index contributed by atoms with van der Waals surface area (Å²) >= 11 is 5.85. The highest BCUT2D eigenvalue weighted by molar-refractivity contribution is 6.30. The van der Waals surface area contributed by atoms with Crippen molar-refractivity contribution in [3.8, 4) is 17.2 Å². The molecule has 0 saturated heterocycles. The van der Waals surface area contributed by atoms with Crippen molar-refractivity contribution in [2.75, 3.05) is 19.9 Å². The molecule has 22 heavy (non-hydrogen) atoms. The Bertz CT molecular complexity index is 690. The van der Waals surface area contributed by atoms with Crippen LogP contribution in [0.5, 0.6) is 17.2 Å². The van der Waals surface area contributed by atoms with Crippen LogP contribution >= 0.6 is 11.6 Å². The Balaban J connectivity index is 1.46. The molecule has 1 aliphatic heterocycles. The van der Waals surface area contributed by atoms with E-state index < -0.39 is 0 Å². The first-order chi connectivity index (χ1) is 10.7. The number of fused-ring (bicyclic) bond motifs is 1. The summed E-state index contributed by atoms with van der Waals surface area (Å²) in [6.45, 7) is 0.972. The Morgan fingerprint density at radius 2 is 2.05 bits per heavy atom. The van der Waals surface area contributed by atoms with Gasteiger partial charge in [-0.3, -0.25) is 4.79 Å². The highest BCUT2D eigenvalue weighted by Crippen LogP contribution is 2.34. The molecule has 114 valence electrons. The fourth-order valence-electron chi connectivity index (χ4n) is 2.03. The summed E-state index contributed by atoms with van der Waals surface area (Å²) in [7, 11) is 0. The second kappa shape index (κ2) is 6.58. The number of carbonyl (C=O) groups is 1. The van der Waals surface area contributed by atoms with E-state index in [4.69, 9.17) is 25.8 Å². The van der Waals surface area contributed by atoms with Gasteiger partial charge >= 0.3 is 0 Å². The number of carbonyl (C=O) groups excluding carboxylic acids is 1. The first-order valence-electron chi connectivity index (χ1n) is 6.78. The molecule has 1 aliphatic rings. The Labute approximate surface area is 132 Å². The fourth-order valence-corrected chi connectivity index (χ4v) is 2.22. The lowest BCUT2D eigenvalue weighted by Crippen LogP contribution is -2.28. The van der Waals surface area contributed by atoms with Gasteiger partial charge in [0, 0.05) is 16.7 Å². The number of hydrogen-bond donors (Lipinski definition) is 1. The Hall–Kier alpha value is -2.40. The molecule has 0 radical (unpaired) electrons. The van der Waals surface area contributed by atoms with Crippen molar-refractivity contribution in [3.05, 3.63) is 53.1 Å². The molecular formula is C16H14ClNO4. The molecule has 0 saturated carbocycles. The average Bonchev–Trinajstić information content (AvgIpc) is 2.99. The van der Waals surface area contributed by atoms with E-state index in [9.17, 15) is 4.79 Å². The third-order valence-electron chi connectivity index (χ3n) is 3.09. The Morgan fingerprint density at radius 3 is 2.91 bits per heavy atom. The zero-order valence-corrected chi connectivity index (χ0v) is 12.4. The molecule has 2 aromatic carbocycles. The van der Waals surface area contributed by atoms with E-state index in [1.807, 2.05) is 0 Å². The lowest BCUT2D eigenvalue weighted by Gasteiger charge is -2.08. The van der Waals surface area contributed by atoms with Gasteiger partial charge in [0.2, 0.25) is 6.79 Å². The molecular weight excluding hydrogens is 306 g/mol. The minimum absolute atomic E-state index is 0.184. The van der Waals surface area contributed by atoms with Crippen LogP contribution in [0.1, 0.15) is 10.4 Å². The third-order valence-corrected chi connectivity index (χ3v) is 3.32. The third kappa shape index (κ3) is 3.43. The van der Waals surface area contributed by atoms with Gasteiger partial charge in [-0.15, -0.1) is 0 Å². The number of hydrogen-bond acceptors (Lipinski definition) is 4. The fraction of sp³-hybridized carbons (Fsp3) is 0.188. The lowest BCUT2D eigenvalue weighted by atomic mass is 10.2. The molecule has 0 aliphatic carbocycles. The molecule has 1 N–H and O–H groups in total. The van der Waals surface area contributed by atoms with Crippen molar-refractivity contribution in [1.82, 2.24) is 5.32 Å². The van der Waals surface area contributed by atoms with E-state index in [0.717, 1.165) is 0 Å². The molecule has 3 rings (SSSR count). The average molecular weight is 320 g/mol. The largest absolute Gasteiger partial charge is 0.492 e. The smallest absolute Gasteiger partial charge is 0.251 e. The van der Waals surface area contributed by atoms with Crippen molar-refractivity contribution in [1.29, 1.82) is 0 Å². The van der Waals surface area contributed by atoms with E-state index in [1.165, 1.54) is 0 Å². The minimum atomic E-state index is -0.184. The van der Waals surface area contributed by atoms with Crippen LogP contribution in [0, 0.1) is 0 Å². The zero-order valence-electron chi connectivity index (χ0n) is 11.7. The van der Waals surface area contributed by atoms with Crippen LogP contribution in [-0.2, 0) is 0 Å². The second-order valence-electron chi connectivity index (χ2n) is 4.63. The molecule has 0 bridgehead atoms. The van der Waals surface area contributed by atoms with Crippen LogP contribution < -0.4 is 19.5 Å². The van der Waals surface area contributed by atoms with Gasteiger partial charge < -0.3 is 19.5 Å². The molecule has 1 heterocycles. The summed E-state index contributed by atoms with van der Waals surface area (Å²) in [5, 5.41) is 3.30. The second-order valence-corrected chi connectivity index (χ2v) is 5.07. The molecule has 0 aromatic heterocycles. The predicted molar refractivity (Wildman–Crippen MR) is 81.8 cm³/mol. The highest BCUT2D eigenvalue weighted by atomic mass is 35.5. The summed E-state index contributed by atoms with van der Waals surface area (Å²) in [6, 6.07) is 12.1. The van der Waals surface area contributed by atoms with Crippen LogP contribution in [0.15, 0.2) is 42.5 Å². The van der Waals surface area contributed by atoms with Crippen LogP contribution in [0.3, 0.4) is 0 Å². The Morgan fingerprint density at radius 1 is 1.18 bits per heavy atom. The van der Waals surface area contributed by atoms with Gasteiger partial charge in [-0.2, -0.15) is 0 Å². The number of nitrogens with one attached hydrogen (secondary N) is 1. The Kier molecular flexibility index (Phi) is 4.34. The first-order valence-corrected chi connectivity index (χ1v) is 7.16. The summed E-state index contributed by atoms with van der Waals surface area (Å²) in [4.78, 5) is 11.9. The van der Waals surface area contributed by atoms with Crippen LogP contribution in [0.4, 0.5) is 0 Å². The van der Waals surface area contributed by atoms with E-state index >= 15 is 0 Å². The maximum atomic E-state index is 11.9. The van der Waals surface area contributed by atoms with Gasteiger partial charge in [-0.1, -0.05) is 17.7 Å². The maximum absolute atomic E-state index is 11.9. The number of halogens is 1. The van der Waals surface area contributed by atoms with Crippen molar-refractivity contribution in [2.24, 2.45) is 0 Å². The number of rotatable bonds is 5. The molecule has 2 aromatic rings. The summed E-state index contributed by atoms with van der Waals surface area (Å²) < 4.78 is 16.1. The summed E-state index contributed by atoms with van der Waals surface area (Å²) in [6.07, 6.45) is 0. The van der Waals surface area contributed by atoms with Gasteiger partial charge in [0.1, 0.15) is 12.4 Å². The van der Waals surface area contributed by atoms with Gasteiger partial charge in [0.15, 0.2) is 11.5 Å². The monoisotopic (exact) mass is 319 g/mol. The number of benzene rings is 2. The SMILES string of the molecule is O=C(NCCOc1ccc2c(c1)OCO2)c1cccc(Cl)c1. The van der Waals surface area contributed by atoms with Gasteiger partial charge in [0.05, 0.1) is 6.54 Å². The molecule has 0 spiro atoms. The molecule has 0 fully saturated rings. The van der Waals surface area contributed by atoms with E-state index in [1.54, 1.807) is 42.5 Å². The van der Waals surface area contributed by atoms with Crippen LogP contribution in [0.25, 0.3) is 0 Å². The van der Waals surface area contributed by atoms with Crippen molar-refractivity contribution in [2.45, 2.75) is 0 Å².